The first-order valence-electron chi connectivity index (χ1n) is 13.3. The number of esters is 1. The molecule has 0 bridgehead atoms. The molecular formula is C30H30F2N4O5. The Kier molecular flexibility index (Phi) is 8.44. The first kappa shape index (κ1) is 28.0. The Morgan fingerprint density at radius 3 is 2.61 bits per heavy atom. The summed E-state index contributed by atoms with van der Waals surface area (Å²) in [6, 6.07) is 17.2. The maximum atomic E-state index is 15.5. The lowest BCUT2D eigenvalue weighted by molar-refractivity contribution is -0.146. The fraction of sp³-hybridized carbons (Fsp3) is 0.300. The van der Waals surface area contributed by atoms with Crippen LogP contribution in [0.4, 0.5) is 25.0 Å². The number of piperazine rings is 1. The molecule has 2 aliphatic heterocycles. The van der Waals surface area contributed by atoms with Crippen LogP contribution < -0.4 is 20.4 Å². The molecule has 2 N–H and O–H groups in total. The number of amides is 2. The molecule has 0 spiro atoms. The lowest BCUT2D eigenvalue weighted by Gasteiger charge is -2.36. The van der Waals surface area contributed by atoms with Gasteiger partial charge in [-0.25, -0.2) is 18.4 Å². The highest BCUT2D eigenvalue weighted by Gasteiger charge is 2.34. The number of cyclic esters (lactones) is 1. The molecular weight excluding hydrogens is 534 g/mol. The Hall–Kier alpha value is -4.51. The first-order valence-corrected chi connectivity index (χ1v) is 13.3. The van der Waals surface area contributed by atoms with E-state index in [1.165, 1.54) is 36.1 Å². The fourth-order valence-corrected chi connectivity index (χ4v) is 4.94. The van der Waals surface area contributed by atoms with Crippen LogP contribution in [0.2, 0.25) is 0 Å². The third-order valence-corrected chi connectivity index (χ3v) is 7.02. The third kappa shape index (κ3) is 6.46. The average Bonchev–Trinajstić information content (AvgIpc) is 3.35. The standard InChI is InChI=1S/C30H30F2N4O5/c1-19(37)34-15-23-17-36(30(39)41-23)22-8-9-24(25(31)14-22)21-7-10-27(26(32)13-21)35-12-11-33-16-28(35)29(38)40-18-20-5-3-2-4-6-20/h2-10,13-14,23,28,33H,11-12,15-18H2,1H3,(H,34,37). The van der Waals surface area contributed by atoms with E-state index in [1.807, 2.05) is 30.3 Å². The topological polar surface area (TPSA) is 100 Å². The van der Waals surface area contributed by atoms with Crippen molar-refractivity contribution in [1.82, 2.24) is 10.6 Å². The number of benzene rings is 3. The van der Waals surface area contributed by atoms with E-state index >= 15 is 8.78 Å². The van der Waals surface area contributed by atoms with Gasteiger partial charge in [-0.05, 0) is 41.5 Å². The molecule has 214 valence electrons. The Labute approximate surface area is 236 Å². The third-order valence-electron chi connectivity index (χ3n) is 7.02. The van der Waals surface area contributed by atoms with Crippen molar-refractivity contribution in [3.63, 3.8) is 0 Å². The summed E-state index contributed by atoms with van der Waals surface area (Å²) in [7, 11) is 0. The Bertz CT molecular complexity index is 1440. The van der Waals surface area contributed by atoms with Gasteiger partial charge < -0.3 is 25.0 Å². The number of nitrogens with zero attached hydrogens (tertiary/aromatic N) is 2. The van der Waals surface area contributed by atoms with E-state index < -0.39 is 35.8 Å². The molecule has 41 heavy (non-hydrogen) atoms. The molecule has 9 nitrogen and oxygen atoms in total. The number of carbonyl (C=O) groups is 3. The molecule has 2 atom stereocenters. The van der Waals surface area contributed by atoms with Gasteiger partial charge in [0.15, 0.2) is 0 Å². The van der Waals surface area contributed by atoms with Crippen LogP contribution in [0.3, 0.4) is 0 Å². The second-order valence-electron chi connectivity index (χ2n) is 9.89. The molecule has 3 aromatic rings. The molecule has 2 heterocycles. The predicted molar refractivity (Wildman–Crippen MR) is 148 cm³/mol. The first-order chi connectivity index (χ1) is 19.8. The summed E-state index contributed by atoms with van der Waals surface area (Å²) in [5.74, 6) is -1.95. The van der Waals surface area contributed by atoms with Gasteiger partial charge in [0.25, 0.3) is 0 Å². The maximum Gasteiger partial charge on any atom is 0.414 e. The molecule has 2 unspecified atom stereocenters. The van der Waals surface area contributed by atoms with Gasteiger partial charge in [0, 0.05) is 32.1 Å². The van der Waals surface area contributed by atoms with Crippen molar-refractivity contribution in [3.05, 3.63) is 83.9 Å². The van der Waals surface area contributed by atoms with Gasteiger partial charge >= 0.3 is 12.1 Å². The number of ether oxygens (including phenoxy) is 2. The summed E-state index contributed by atoms with van der Waals surface area (Å²) in [6.45, 7) is 3.04. The van der Waals surface area contributed by atoms with Gasteiger partial charge in [0.2, 0.25) is 5.91 Å². The highest BCUT2D eigenvalue weighted by Crippen LogP contribution is 2.32. The molecule has 2 fully saturated rings. The summed E-state index contributed by atoms with van der Waals surface area (Å²) in [5, 5.41) is 5.75. The molecule has 2 saturated heterocycles. The summed E-state index contributed by atoms with van der Waals surface area (Å²) in [6.07, 6.45) is -1.20. The lowest BCUT2D eigenvalue weighted by Crippen LogP contribution is -2.55. The van der Waals surface area contributed by atoms with Crippen LogP contribution in [0.5, 0.6) is 0 Å². The summed E-state index contributed by atoms with van der Waals surface area (Å²) < 4.78 is 41.4. The summed E-state index contributed by atoms with van der Waals surface area (Å²) in [5.41, 5.74) is 1.82. The van der Waals surface area contributed by atoms with Crippen LogP contribution in [0.1, 0.15) is 12.5 Å². The zero-order chi connectivity index (χ0) is 28.9. The molecule has 5 rings (SSSR count). The zero-order valence-electron chi connectivity index (χ0n) is 22.4. The quantitative estimate of drug-likeness (QED) is 0.403. The number of carbonyl (C=O) groups excluding carboxylic acids is 3. The van der Waals surface area contributed by atoms with Gasteiger partial charge in [-0.1, -0.05) is 36.4 Å². The van der Waals surface area contributed by atoms with Crippen molar-refractivity contribution in [1.29, 1.82) is 0 Å². The number of halogens is 2. The molecule has 0 aromatic heterocycles. The van der Waals surface area contributed by atoms with Crippen molar-refractivity contribution in [3.8, 4) is 11.1 Å². The van der Waals surface area contributed by atoms with Gasteiger partial charge in [-0.15, -0.1) is 0 Å². The average molecular weight is 565 g/mol. The van der Waals surface area contributed by atoms with Crippen LogP contribution in [0.15, 0.2) is 66.7 Å². The minimum atomic E-state index is -0.724. The fourth-order valence-electron chi connectivity index (χ4n) is 4.94. The van der Waals surface area contributed by atoms with Crippen LogP contribution in [0, 0.1) is 11.6 Å². The Morgan fingerprint density at radius 2 is 1.88 bits per heavy atom. The molecule has 11 heteroatoms. The molecule has 2 aliphatic rings. The molecule has 0 aliphatic carbocycles. The minimum absolute atomic E-state index is 0.117. The zero-order valence-corrected chi connectivity index (χ0v) is 22.4. The smallest absolute Gasteiger partial charge is 0.414 e. The van der Waals surface area contributed by atoms with Crippen molar-refractivity contribution < 1.29 is 32.6 Å². The highest BCUT2D eigenvalue weighted by molar-refractivity contribution is 5.90. The largest absolute Gasteiger partial charge is 0.459 e. The van der Waals surface area contributed by atoms with E-state index in [4.69, 9.17) is 9.47 Å². The van der Waals surface area contributed by atoms with Crippen molar-refractivity contribution in [2.75, 3.05) is 42.5 Å². The lowest BCUT2D eigenvalue weighted by atomic mass is 10.0. The van der Waals surface area contributed by atoms with Gasteiger partial charge in [-0.3, -0.25) is 9.69 Å². The van der Waals surface area contributed by atoms with E-state index in [9.17, 15) is 14.4 Å². The summed E-state index contributed by atoms with van der Waals surface area (Å²) >= 11 is 0. The predicted octanol–water partition coefficient (Wildman–Crippen LogP) is 3.61. The van der Waals surface area contributed by atoms with Crippen LogP contribution >= 0.6 is 0 Å². The normalized spacial score (nSPS) is 18.7. The number of hydrogen-bond donors (Lipinski definition) is 2. The van der Waals surface area contributed by atoms with Gasteiger partial charge in [0.1, 0.15) is 30.4 Å². The summed E-state index contributed by atoms with van der Waals surface area (Å²) in [4.78, 5) is 39.3. The molecule has 3 aromatic carbocycles. The van der Waals surface area contributed by atoms with E-state index in [-0.39, 0.29) is 42.5 Å². The van der Waals surface area contributed by atoms with Crippen molar-refractivity contribution >= 4 is 29.3 Å². The SMILES string of the molecule is CC(=O)NCC1CN(c2ccc(-c3ccc(N4CCNCC4C(=O)OCc4ccccc4)c(F)c3)c(F)c2)C(=O)O1. The molecule has 0 saturated carbocycles. The number of anilines is 2. The number of rotatable bonds is 8. The van der Waals surface area contributed by atoms with Crippen LogP contribution in [-0.2, 0) is 25.7 Å². The molecule has 0 radical (unpaired) electrons. The highest BCUT2D eigenvalue weighted by atomic mass is 19.1. The monoisotopic (exact) mass is 564 g/mol. The number of hydrogen-bond acceptors (Lipinski definition) is 7. The van der Waals surface area contributed by atoms with Gasteiger partial charge in [-0.2, -0.15) is 0 Å². The minimum Gasteiger partial charge on any atom is -0.459 e. The second kappa shape index (κ2) is 12.3. The van der Waals surface area contributed by atoms with E-state index in [0.717, 1.165) is 5.56 Å². The van der Waals surface area contributed by atoms with Gasteiger partial charge in [0.05, 0.1) is 24.5 Å². The van der Waals surface area contributed by atoms with Crippen molar-refractivity contribution in [2.45, 2.75) is 25.7 Å². The van der Waals surface area contributed by atoms with Crippen molar-refractivity contribution in [2.24, 2.45) is 0 Å². The van der Waals surface area contributed by atoms with E-state index in [0.29, 0.717) is 25.2 Å². The van der Waals surface area contributed by atoms with Crippen LogP contribution in [0.25, 0.3) is 11.1 Å². The Morgan fingerprint density at radius 1 is 1.07 bits per heavy atom. The maximum absolute atomic E-state index is 15.5. The number of nitrogens with one attached hydrogen (secondary N) is 2. The Balaban J connectivity index is 1.29. The second-order valence-corrected chi connectivity index (χ2v) is 9.89. The van der Waals surface area contributed by atoms with E-state index in [2.05, 4.69) is 10.6 Å². The van der Waals surface area contributed by atoms with E-state index in [1.54, 1.807) is 17.0 Å². The van der Waals surface area contributed by atoms with Crippen LogP contribution in [-0.4, -0.2) is 62.8 Å². The molecule has 2 amide bonds.